The largest absolute Gasteiger partial charge is 0.294 e. The normalized spacial score (nSPS) is 13.3. The van der Waals surface area contributed by atoms with Gasteiger partial charge in [0.2, 0.25) is 0 Å². The lowest BCUT2D eigenvalue weighted by Gasteiger charge is -1.97. The number of rotatable bonds is 1. The second kappa shape index (κ2) is 4.51. The van der Waals surface area contributed by atoms with E-state index in [1.165, 1.54) is 0 Å². The number of Topliss-reactive ketones (excluding diaryl/α,β-unsaturated/α-hetero) is 1. The Balaban J connectivity index is 2.24. The molecule has 0 unspecified atom stereocenters. The number of halogens is 1. The third kappa shape index (κ3) is 2.22. The minimum atomic E-state index is 0.255. The first-order valence-corrected chi connectivity index (χ1v) is 5.55. The van der Waals surface area contributed by atoms with Crippen molar-refractivity contribution in [3.05, 3.63) is 34.9 Å². The maximum atomic E-state index is 11.4. The average molecular weight is 219 g/mol. The fourth-order valence-corrected chi connectivity index (χ4v) is 1.84. The first-order valence-electron chi connectivity index (χ1n) is 5.02. The van der Waals surface area contributed by atoms with E-state index in [9.17, 15) is 4.79 Å². The molecule has 0 bridgehead atoms. The Bertz CT molecular complexity index is 451. The Morgan fingerprint density at radius 1 is 1.33 bits per heavy atom. The van der Waals surface area contributed by atoms with Crippen LogP contribution in [0.5, 0.6) is 0 Å². The Hall–Kier alpha value is -1.26. The zero-order chi connectivity index (χ0) is 10.7. The minimum Gasteiger partial charge on any atom is -0.294 e. The summed E-state index contributed by atoms with van der Waals surface area (Å²) in [6.45, 7) is 0. The van der Waals surface area contributed by atoms with Crippen LogP contribution in [0.25, 0.3) is 0 Å². The second-order valence-corrected chi connectivity index (χ2v) is 3.91. The van der Waals surface area contributed by atoms with Gasteiger partial charge in [-0.1, -0.05) is 11.8 Å². The van der Waals surface area contributed by atoms with Crippen LogP contribution in [0.15, 0.2) is 18.2 Å². The van der Waals surface area contributed by atoms with Crippen molar-refractivity contribution in [3.8, 4) is 11.8 Å². The van der Waals surface area contributed by atoms with Gasteiger partial charge in [-0.15, -0.1) is 11.6 Å². The summed E-state index contributed by atoms with van der Waals surface area (Å²) in [4.78, 5) is 11.4. The van der Waals surface area contributed by atoms with Crippen molar-refractivity contribution >= 4 is 17.4 Å². The molecule has 0 saturated carbocycles. The number of hydrogen-bond acceptors (Lipinski definition) is 1. The van der Waals surface area contributed by atoms with Gasteiger partial charge in [0.1, 0.15) is 0 Å². The molecular weight excluding hydrogens is 208 g/mol. The highest BCUT2D eigenvalue weighted by molar-refractivity contribution is 6.18. The lowest BCUT2D eigenvalue weighted by Crippen LogP contribution is -1.90. The van der Waals surface area contributed by atoms with Gasteiger partial charge in [-0.25, -0.2) is 0 Å². The van der Waals surface area contributed by atoms with Gasteiger partial charge in [0.25, 0.3) is 0 Å². The summed E-state index contributed by atoms with van der Waals surface area (Å²) in [7, 11) is 0. The van der Waals surface area contributed by atoms with Gasteiger partial charge >= 0.3 is 0 Å². The highest BCUT2D eigenvalue weighted by atomic mass is 35.5. The number of ketones is 1. The van der Waals surface area contributed by atoms with E-state index in [0.717, 1.165) is 23.1 Å². The number of hydrogen-bond donors (Lipinski definition) is 0. The molecule has 1 nitrogen and oxygen atoms in total. The maximum Gasteiger partial charge on any atom is 0.163 e. The summed E-state index contributed by atoms with van der Waals surface area (Å²) in [6, 6.07) is 5.81. The summed E-state index contributed by atoms with van der Waals surface area (Å²) >= 11 is 5.53. The standard InChI is InChI=1S/C13H11ClO/c14-8-2-1-3-10-4-6-12-11(9-10)5-7-13(12)15/h4,6,9H,2,5,7-8H2. The molecule has 1 aromatic rings. The number of alkyl halides is 1. The van der Waals surface area contributed by atoms with Crippen molar-refractivity contribution < 1.29 is 4.79 Å². The molecule has 0 fully saturated rings. The summed E-state index contributed by atoms with van der Waals surface area (Å²) < 4.78 is 0. The highest BCUT2D eigenvalue weighted by Gasteiger charge is 2.18. The van der Waals surface area contributed by atoms with E-state index in [1.807, 2.05) is 18.2 Å². The van der Waals surface area contributed by atoms with Crippen molar-refractivity contribution in [2.45, 2.75) is 19.3 Å². The van der Waals surface area contributed by atoms with Gasteiger partial charge in [0.15, 0.2) is 5.78 Å². The fourth-order valence-electron chi connectivity index (χ4n) is 1.75. The summed E-state index contributed by atoms with van der Waals surface area (Å²) in [5.74, 6) is 6.85. The number of fused-ring (bicyclic) bond motifs is 1. The molecule has 0 spiro atoms. The van der Waals surface area contributed by atoms with Gasteiger partial charge in [0, 0.05) is 29.8 Å². The Kier molecular flexibility index (Phi) is 3.08. The van der Waals surface area contributed by atoms with E-state index in [2.05, 4.69) is 11.8 Å². The number of aryl methyl sites for hydroxylation is 1. The monoisotopic (exact) mass is 218 g/mol. The summed E-state index contributed by atoms with van der Waals surface area (Å²) in [5, 5.41) is 0. The van der Waals surface area contributed by atoms with Crippen LogP contribution < -0.4 is 0 Å². The van der Waals surface area contributed by atoms with Crippen LogP contribution in [0.1, 0.15) is 34.3 Å². The molecule has 1 aliphatic carbocycles. The van der Waals surface area contributed by atoms with Crippen LogP contribution in [0.4, 0.5) is 0 Å². The molecule has 0 atom stereocenters. The van der Waals surface area contributed by atoms with Crippen LogP contribution in [-0.2, 0) is 6.42 Å². The van der Waals surface area contributed by atoms with E-state index in [4.69, 9.17) is 11.6 Å². The molecule has 0 amide bonds. The van der Waals surface area contributed by atoms with E-state index >= 15 is 0 Å². The van der Waals surface area contributed by atoms with Crippen molar-refractivity contribution in [2.24, 2.45) is 0 Å². The molecule has 0 N–H and O–H groups in total. The van der Waals surface area contributed by atoms with E-state index in [1.54, 1.807) is 0 Å². The fraction of sp³-hybridized carbons (Fsp3) is 0.308. The minimum absolute atomic E-state index is 0.255. The molecule has 0 aromatic heterocycles. The van der Waals surface area contributed by atoms with Crippen molar-refractivity contribution in [3.63, 3.8) is 0 Å². The first kappa shape index (κ1) is 10.3. The molecular formula is C13H11ClO. The van der Waals surface area contributed by atoms with E-state index < -0.39 is 0 Å². The highest BCUT2D eigenvalue weighted by Crippen LogP contribution is 2.22. The molecule has 0 saturated heterocycles. The molecule has 2 rings (SSSR count). The molecule has 0 aliphatic heterocycles. The predicted molar refractivity (Wildman–Crippen MR) is 61.3 cm³/mol. The lowest BCUT2D eigenvalue weighted by atomic mass is 10.1. The number of carbonyl (C=O) groups is 1. The van der Waals surface area contributed by atoms with Crippen LogP contribution in [0, 0.1) is 11.8 Å². The quantitative estimate of drug-likeness (QED) is 0.523. The van der Waals surface area contributed by atoms with Crippen molar-refractivity contribution in [2.75, 3.05) is 5.88 Å². The van der Waals surface area contributed by atoms with Crippen LogP contribution in [0.3, 0.4) is 0 Å². The van der Waals surface area contributed by atoms with Gasteiger partial charge in [-0.3, -0.25) is 4.79 Å². The Morgan fingerprint density at radius 3 is 3.00 bits per heavy atom. The van der Waals surface area contributed by atoms with Crippen molar-refractivity contribution in [1.82, 2.24) is 0 Å². The van der Waals surface area contributed by atoms with Gasteiger partial charge in [-0.2, -0.15) is 0 Å². The first-order chi connectivity index (χ1) is 7.31. The molecule has 1 aromatic carbocycles. The average Bonchev–Trinajstić information content (AvgIpc) is 2.61. The smallest absolute Gasteiger partial charge is 0.163 e. The molecule has 76 valence electrons. The van der Waals surface area contributed by atoms with Gasteiger partial charge in [-0.05, 0) is 30.2 Å². The summed E-state index contributed by atoms with van der Waals surface area (Å²) in [6.07, 6.45) is 2.21. The molecule has 2 heteroatoms. The molecule has 0 radical (unpaired) electrons. The second-order valence-electron chi connectivity index (χ2n) is 3.54. The van der Waals surface area contributed by atoms with E-state index in [0.29, 0.717) is 18.7 Å². The van der Waals surface area contributed by atoms with Gasteiger partial charge < -0.3 is 0 Å². The zero-order valence-corrected chi connectivity index (χ0v) is 9.10. The summed E-state index contributed by atoms with van der Waals surface area (Å²) in [5.41, 5.74) is 2.99. The topological polar surface area (TPSA) is 17.1 Å². The zero-order valence-electron chi connectivity index (χ0n) is 8.35. The molecule has 0 heterocycles. The van der Waals surface area contributed by atoms with E-state index in [-0.39, 0.29) is 5.78 Å². The third-order valence-electron chi connectivity index (χ3n) is 2.48. The van der Waals surface area contributed by atoms with Crippen LogP contribution >= 0.6 is 11.6 Å². The lowest BCUT2D eigenvalue weighted by molar-refractivity contribution is 0.0994. The molecule has 15 heavy (non-hydrogen) atoms. The Morgan fingerprint density at radius 2 is 2.20 bits per heavy atom. The maximum absolute atomic E-state index is 11.4. The number of benzene rings is 1. The van der Waals surface area contributed by atoms with Crippen LogP contribution in [0.2, 0.25) is 0 Å². The number of carbonyl (C=O) groups excluding carboxylic acids is 1. The third-order valence-corrected chi connectivity index (χ3v) is 2.67. The van der Waals surface area contributed by atoms with Crippen LogP contribution in [-0.4, -0.2) is 11.7 Å². The van der Waals surface area contributed by atoms with Crippen molar-refractivity contribution in [1.29, 1.82) is 0 Å². The van der Waals surface area contributed by atoms with Gasteiger partial charge in [0.05, 0.1) is 0 Å². The Labute approximate surface area is 94.4 Å². The SMILES string of the molecule is O=C1CCc2cc(C#CCCCl)ccc21. The molecule has 1 aliphatic rings. The predicted octanol–water partition coefficient (Wildman–Crippen LogP) is 2.80.